The zero-order valence-electron chi connectivity index (χ0n) is 16.9. The minimum atomic E-state index is -1.34. The second kappa shape index (κ2) is 6.12. The summed E-state index contributed by atoms with van der Waals surface area (Å²) in [5, 5.41) is 16.6. The van der Waals surface area contributed by atoms with Crippen molar-refractivity contribution in [1.82, 2.24) is 10.2 Å². The van der Waals surface area contributed by atoms with Crippen molar-refractivity contribution < 1.29 is 19.5 Å². The smallest absolute Gasteiger partial charge is 0.250 e. The molecule has 1 aromatic rings. The molecule has 3 aliphatic heterocycles. The van der Waals surface area contributed by atoms with Gasteiger partial charge in [-0.05, 0) is 45.2 Å². The van der Waals surface area contributed by atoms with Crippen LogP contribution in [0.25, 0.3) is 0 Å². The highest BCUT2D eigenvalue weighted by Gasteiger charge is 2.71. The number of nitrogens with zero attached hydrogens (tertiary/aromatic N) is 1. The van der Waals surface area contributed by atoms with Crippen LogP contribution in [0, 0.1) is 25.7 Å². The van der Waals surface area contributed by atoms with Crippen molar-refractivity contribution in [3.63, 3.8) is 0 Å². The van der Waals surface area contributed by atoms with Crippen LogP contribution in [0.1, 0.15) is 43.9 Å². The van der Waals surface area contributed by atoms with Crippen LogP contribution in [0.15, 0.2) is 12.1 Å². The summed E-state index contributed by atoms with van der Waals surface area (Å²) in [5.74, 6) is -2.59. The molecule has 3 aliphatic rings. The maximum absolute atomic E-state index is 13.4. The molecule has 0 bridgehead atoms. The van der Waals surface area contributed by atoms with Crippen LogP contribution in [0.5, 0.6) is 0 Å². The Labute approximate surface area is 164 Å². The number of imide groups is 1. The van der Waals surface area contributed by atoms with Crippen LogP contribution >= 0.6 is 0 Å². The van der Waals surface area contributed by atoms with Gasteiger partial charge in [0.2, 0.25) is 17.7 Å². The number of benzene rings is 1. The van der Waals surface area contributed by atoms with Crippen molar-refractivity contribution in [1.29, 1.82) is 0 Å². The summed E-state index contributed by atoms with van der Waals surface area (Å²) in [6, 6.07) is 2.86. The molecule has 2 fully saturated rings. The van der Waals surface area contributed by atoms with Crippen molar-refractivity contribution in [2.45, 2.75) is 64.8 Å². The third-order valence-electron chi connectivity index (χ3n) is 6.94. The van der Waals surface area contributed by atoms with Crippen molar-refractivity contribution in [3.8, 4) is 0 Å². The van der Waals surface area contributed by atoms with E-state index in [4.69, 9.17) is 0 Å². The van der Waals surface area contributed by atoms with E-state index in [2.05, 4.69) is 10.6 Å². The molecule has 7 heteroatoms. The molecular formula is C21H27N3O4. The van der Waals surface area contributed by atoms with Gasteiger partial charge in [-0.15, -0.1) is 0 Å². The van der Waals surface area contributed by atoms with E-state index in [0.29, 0.717) is 17.7 Å². The Kier molecular flexibility index (Phi) is 4.17. The summed E-state index contributed by atoms with van der Waals surface area (Å²) in [6.45, 7) is 9.24. The minimum Gasteiger partial charge on any atom is -0.392 e. The molecule has 3 amide bonds. The number of fused-ring (bicyclic) bond motifs is 4. The fraction of sp³-hybridized carbons (Fsp3) is 0.571. The van der Waals surface area contributed by atoms with Crippen molar-refractivity contribution in [2.75, 3.05) is 5.32 Å². The number of nitrogens with one attached hydrogen (secondary N) is 2. The molecule has 4 rings (SSSR count). The predicted molar refractivity (Wildman–Crippen MR) is 103 cm³/mol. The lowest BCUT2D eigenvalue weighted by atomic mass is 9.76. The summed E-state index contributed by atoms with van der Waals surface area (Å²) < 4.78 is 0. The Bertz CT molecular complexity index is 896. The second-order valence-electron chi connectivity index (χ2n) is 8.41. The molecule has 0 saturated carbocycles. The predicted octanol–water partition coefficient (Wildman–Crippen LogP) is 1.20. The second-order valence-corrected chi connectivity index (χ2v) is 8.41. The molecule has 3 heterocycles. The number of aliphatic hydroxyl groups is 1. The number of likely N-dealkylation sites (tertiary alicyclic amines) is 1. The number of rotatable bonds is 3. The molecule has 150 valence electrons. The standard InChI is InChI=1S/C21H27N3O4/c1-6-10(3)24-18(26)14-15(19(24)27)21(23-17(14)12(5)25)13-8-7-9(2)11(4)16(13)22-20(21)28/h7-8,10,12,14-15,17,23,25H,6H2,1-5H3,(H,22,28)/t10-,12+,14+,15+,17-,21+/m1/s1. The number of amides is 3. The summed E-state index contributed by atoms with van der Waals surface area (Å²) in [6.07, 6.45) is -0.249. The van der Waals surface area contributed by atoms with Gasteiger partial charge < -0.3 is 10.4 Å². The number of carbonyl (C=O) groups excluding carboxylic acids is 3. The average Bonchev–Trinajstić information content (AvgIpc) is 3.24. The van der Waals surface area contributed by atoms with Gasteiger partial charge in [-0.3, -0.25) is 24.6 Å². The van der Waals surface area contributed by atoms with Crippen molar-refractivity contribution >= 4 is 23.4 Å². The fourth-order valence-electron chi connectivity index (χ4n) is 5.10. The van der Waals surface area contributed by atoms with E-state index >= 15 is 0 Å². The third-order valence-corrected chi connectivity index (χ3v) is 6.94. The normalized spacial score (nSPS) is 33.3. The first-order valence-electron chi connectivity index (χ1n) is 9.91. The van der Waals surface area contributed by atoms with Gasteiger partial charge in [0, 0.05) is 23.3 Å². The Balaban J connectivity index is 1.93. The van der Waals surface area contributed by atoms with Crippen LogP contribution < -0.4 is 10.6 Å². The quantitative estimate of drug-likeness (QED) is 0.679. The highest BCUT2D eigenvalue weighted by Crippen LogP contribution is 2.54. The Morgan fingerprint density at radius 2 is 1.86 bits per heavy atom. The topological polar surface area (TPSA) is 98.7 Å². The van der Waals surface area contributed by atoms with E-state index in [0.717, 1.165) is 11.1 Å². The Hall–Kier alpha value is -2.25. The van der Waals surface area contributed by atoms with E-state index in [-0.39, 0.29) is 23.8 Å². The van der Waals surface area contributed by atoms with Gasteiger partial charge in [-0.25, -0.2) is 0 Å². The average molecular weight is 385 g/mol. The van der Waals surface area contributed by atoms with Gasteiger partial charge in [0.15, 0.2) is 0 Å². The molecular weight excluding hydrogens is 358 g/mol. The van der Waals surface area contributed by atoms with Crippen molar-refractivity contribution in [2.24, 2.45) is 11.8 Å². The SMILES string of the molecule is CC[C@@H](C)N1C(=O)[C@@H]2[C@@H]([C@H](C)O)N[C@]3(C(=O)Nc4c3ccc(C)c4C)[C@@H]2C1=O. The molecule has 1 spiro atoms. The maximum atomic E-state index is 13.4. The molecule has 0 aliphatic carbocycles. The first-order chi connectivity index (χ1) is 13.2. The van der Waals surface area contributed by atoms with Gasteiger partial charge in [-0.2, -0.15) is 0 Å². The van der Waals surface area contributed by atoms with Crippen molar-refractivity contribution in [3.05, 3.63) is 28.8 Å². The third kappa shape index (κ3) is 2.14. The van der Waals surface area contributed by atoms with Crippen LogP contribution in [0.2, 0.25) is 0 Å². The molecule has 6 atom stereocenters. The van der Waals surface area contributed by atoms with Crippen LogP contribution in [0.4, 0.5) is 5.69 Å². The summed E-state index contributed by atoms with van der Waals surface area (Å²) in [4.78, 5) is 41.2. The fourth-order valence-corrected chi connectivity index (χ4v) is 5.10. The minimum absolute atomic E-state index is 0.249. The Morgan fingerprint density at radius 3 is 2.46 bits per heavy atom. The number of aryl methyl sites for hydroxylation is 1. The van der Waals surface area contributed by atoms with E-state index in [9.17, 15) is 19.5 Å². The molecule has 28 heavy (non-hydrogen) atoms. The number of aliphatic hydroxyl groups excluding tert-OH is 1. The lowest BCUT2D eigenvalue weighted by Gasteiger charge is -2.31. The largest absolute Gasteiger partial charge is 0.392 e. The number of carbonyl (C=O) groups is 3. The van der Waals surface area contributed by atoms with Crippen LogP contribution in [-0.2, 0) is 19.9 Å². The maximum Gasteiger partial charge on any atom is 0.250 e. The Morgan fingerprint density at radius 1 is 1.18 bits per heavy atom. The summed E-state index contributed by atoms with van der Waals surface area (Å²) in [5.41, 5.74) is 2.02. The van der Waals surface area contributed by atoms with Crippen LogP contribution in [0.3, 0.4) is 0 Å². The lowest BCUT2D eigenvalue weighted by Crippen LogP contribution is -2.55. The zero-order valence-corrected chi connectivity index (χ0v) is 16.9. The summed E-state index contributed by atoms with van der Waals surface area (Å²) in [7, 11) is 0. The van der Waals surface area contributed by atoms with E-state index in [1.807, 2.05) is 39.8 Å². The monoisotopic (exact) mass is 385 g/mol. The molecule has 0 aromatic heterocycles. The molecule has 0 radical (unpaired) electrons. The van der Waals surface area contributed by atoms with Gasteiger partial charge in [0.05, 0.1) is 17.9 Å². The number of hydrogen-bond donors (Lipinski definition) is 3. The number of hydrogen-bond acceptors (Lipinski definition) is 5. The first-order valence-corrected chi connectivity index (χ1v) is 9.91. The lowest BCUT2D eigenvalue weighted by molar-refractivity contribution is -0.145. The van der Waals surface area contributed by atoms with Crippen LogP contribution in [-0.4, -0.2) is 45.9 Å². The van der Waals surface area contributed by atoms with Gasteiger partial charge in [-0.1, -0.05) is 19.1 Å². The van der Waals surface area contributed by atoms with E-state index in [1.54, 1.807) is 6.92 Å². The molecule has 2 saturated heterocycles. The van der Waals surface area contributed by atoms with Gasteiger partial charge >= 0.3 is 0 Å². The first kappa shape index (κ1) is 19.1. The van der Waals surface area contributed by atoms with E-state index < -0.39 is 29.5 Å². The number of anilines is 1. The highest BCUT2D eigenvalue weighted by molar-refractivity contribution is 6.15. The summed E-state index contributed by atoms with van der Waals surface area (Å²) >= 11 is 0. The van der Waals surface area contributed by atoms with Gasteiger partial charge in [0.1, 0.15) is 5.54 Å². The molecule has 7 nitrogen and oxygen atoms in total. The van der Waals surface area contributed by atoms with E-state index in [1.165, 1.54) is 4.90 Å². The highest BCUT2D eigenvalue weighted by atomic mass is 16.3. The molecule has 1 aromatic carbocycles. The molecule has 3 N–H and O–H groups in total. The van der Waals surface area contributed by atoms with Gasteiger partial charge in [0.25, 0.3) is 0 Å². The molecule has 0 unspecified atom stereocenters. The zero-order chi connectivity index (χ0) is 20.5.